The lowest BCUT2D eigenvalue weighted by Crippen LogP contribution is -2.38. The highest BCUT2D eigenvalue weighted by atomic mass is 32.1. The van der Waals surface area contributed by atoms with E-state index in [1.807, 2.05) is 35.2 Å². The molecule has 1 aliphatic carbocycles. The number of carbonyl (C=O) groups excluding carboxylic acids is 1. The first kappa shape index (κ1) is 17.0. The van der Waals surface area contributed by atoms with Crippen molar-refractivity contribution >= 4 is 17.2 Å². The monoisotopic (exact) mass is 366 g/mol. The molecule has 0 aliphatic heterocycles. The standard InChI is InChI=1S/C20H22N4OS/c1-15-11-12-18(26-15)13-23(16-7-5-6-8-16)20(25)19-14-24(22-21-19)17-9-3-2-4-10-17/h2-4,9-12,14,16H,5-8,13H2,1H3. The summed E-state index contributed by atoms with van der Waals surface area (Å²) in [5.74, 6) is -0.0230. The molecule has 0 atom stereocenters. The third-order valence-corrected chi connectivity index (χ3v) is 5.87. The number of amides is 1. The molecule has 26 heavy (non-hydrogen) atoms. The SMILES string of the molecule is Cc1ccc(CN(C(=O)c2cn(-c3ccccc3)nn2)C2CCCC2)s1. The molecule has 134 valence electrons. The number of benzene rings is 1. The maximum atomic E-state index is 13.2. The van der Waals surface area contributed by atoms with Gasteiger partial charge in [0.25, 0.3) is 5.91 Å². The number of carbonyl (C=O) groups is 1. The van der Waals surface area contributed by atoms with Crippen molar-refractivity contribution in [3.8, 4) is 5.69 Å². The van der Waals surface area contributed by atoms with E-state index >= 15 is 0 Å². The molecule has 2 aromatic heterocycles. The van der Waals surface area contributed by atoms with Crippen LogP contribution in [0.5, 0.6) is 0 Å². The highest BCUT2D eigenvalue weighted by Gasteiger charge is 2.29. The maximum absolute atomic E-state index is 13.2. The van der Waals surface area contributed by atoms with Crippen LogP contribution in [0.3, 0.4) is 0 Å². The van der Waals surface area contributed by atoms with Gasteiger partial charge in [0.1, 0.15) is 0 Å². The Balaban J connectivity index is 1.58. The van der Waals surface area contributed by atoms with Crippen LogP contribution < -0.4 is 0 Å². The molecule has 4 rings (SSSR count). The Labute approximate surface area is 157 Å². The highest BCUT2D eigenvalue weighted by Crippen LogP contribution is 2.28. The van der Waals surface area contributed by atoms with Crippen LogP contribution in [0.4, 0.5) is 0 Å². The lowest BCUT2D eigenvalue weighted by Gasteiger charge is -2.27. The molecule has 0 bridgehead atoms. The van der Waals surface area contributed by atoms with Crippen molar-refractivity contribution in [1.29, 1.82) is 0 Å². The molecule has 6 heteroatoms. The molecule has 1 amide bonds. The van der Waals surface area contributed by atoms with Crippen molar-refractivity contribution in [3.05, 3.63) is 64.1 Å². The minimum absolute atomic E-state index is 0.0230. The van der Waals surface area contributed by atoms with Crippen molar-refractivity contribution in [2.75, 3.05) is 0 Å². The van der Waals surface area contributed by atoms with Crippen LogP contribution in [0, 0.1) is 6.92 Å². The van der Waals surface area contributed by atoms with Crippen molar-refractivity contribution < 1.29 is 4.79 Å². The zero-order valence-electron chi connectivity index (χ0n) is 14.8. The number of nitrogens with zero attached hydrogens (tertiary/aromatic N) is 4. The lowest BCUT2D eigenvalue weighted by molar-refractivity contribution is 0.0660. The largest absolute Gasteiger partial charge is 0.329 e. The van der Waals surface area contributed by atoms with E-state index in [9.17, 15) is 4.79 Å². The molecule has 0 N–H and O–H groups in total. The predicted molar refractivity (Wildman–Crippen MR) is 103 cm³/mol. The fourth-order valence-corrected chi connectivity index (χ4v) is 4.43. The molecule has 2 heterocycles. The fraction of sp³-hybridized carbons (Fsp3) is 0.350. The van der Waals surface area contributed by atoms with Crippen LogP contribution in [0.15, 0.2) is 48.7 Å². The van der Waals surface area contributed by atoms with Gasteiger partial charge in [-0.15, -0.1) is 16.4 Å². The summed E-state index contributed by atoms with van der Waals surface area (Å²) < 4.78 is 1.66. The van der Waals surface area contributed by atoms with Gasteiger partial charge < -0.3 is 4.90 Å². The van der Waals surface area contributed by atoms with Gasteiger partial charge in [-0.3, -0.25) is 4.79 Å². The number of thiophene rings is 1. The number of hydrogen-bond acceptors (Lipinski definition) is 4. The van der Waals surface area contributed by atoms with Gasteiger partial charge >= 0.3 is 0 Å². The van der Waals surface area contributed by atoms with Crippen LogP contribution in [-0.2, 0) is 6.54 Å². The van der Waals surface area contributed by atoms with Gasteiger partial charge in [-0.25, -0.2) is 4.68 Å². The summed E-state index contributed by atoms with van der Waals surface area (Å²) in [4.78, 5) is 17.7. The third kappa shape index (κ3) is 3.55. The zero-order chi connectivity index (χ0) is 17.9. The Morgan fingerprint density at radius 2 is 1.96 bits per heavy atom. The molecule has 3 aromatic rings. The highest BCUT2D eigenvalue weighted by molar-refractivity contribution is 7.11. The Kier molecular flexibility index (Phi) is 4.84. The van der Waals surface area contributed by atoms with Gasteiger partial charge in [0.15, 0.2) is 5.69 Å². The van der Waals surface area contributed by atoms with E-state index < -0.39 is 0 Å². The first-order chi connectivity index (χ1) is 12.7. The minimum atomic E-state index is -0.0230. The Morgan fingerprint density at radius 3 is 2.65 bits per heavy atom. The number of hydrogen-bond donors (Lipinski definition) is 0. The molecule has 0 spiro atoms. The second-order valence-corrected chi connectivity index (χ2v) is 8.14. The van der Waals surface area contributed by atoms with E-state index in [0.29, 0.717) is 18.3 Å². The Bertz CT molecular complexity index is 880. The molecule has 0 unspecified atom stereocenters. The van der Waals surface area contributed by atoms with Crippen molar-refractivity contribution in [2.24, 2.45) is 0 Å². The summed E-state index contributed by atoms with van der Waals surface area (Å²) in [5.41, 5.74) is 1.31. The summed E-state index contributed by atoms with van der Waals surface area (Å²) in [6.07, 6.45) is 6.26. The predicted octanol–water partition coefficient (Wildman–Crippen LogP) is 4.22. The average Bonchev–Trinajstić information content (AvgIpc) is 3.41. The fourth-order valence-electron chi connectivity index (χ4n) is 3.54. The van der Waals surface area contributed by atoms with Crippen LogP contribution in [-0.4, -0.2) is 31.8 Å². The number of aromatic nitrogens is 3. The molecule has 1 aliphatic rings. The Hall–Kier alpha value is -2.47. The van der Waals surface area contributed by atoms with Crippen LogP contribution in [0.25, 0.3) is 5.69 Å². The van der Waals surface area contributed by atoms with Crippen molar-refractivity contribution in [1.82, 2.24) is 19.9 Å². The lowest BCUT2D eigenvalue weighted by atomic mass is 10.2. The normalized spacial score (nSPS) is 14.7. The van der Waals surface area contributed by atoms with E-state index in [0.717, 1.165) is 18.5 Å². The quantitative estimate of drug-likeness (QED) is 0.679. The molecular weight excluding hydrogens is 344 g/mol. The zero-order valence-corrected chi connectivity index (χ0v) is 15.7. The van der Waals surface area contributed by atoms with Gasteiger partial charge in [-0.05, 0) is 44.0 Å². The molecule has 0 radical (unpaired) electrons. The minimum Gasteiger partial charge on any atom is -0.329 e. The first-order valence-electron chi connectivity index (χ1n) is 9.05. The molecular formula is C20H22N4OS. The number of para-hydroxylation sites is 1. The van der Waals surface area contributed by atoms with Crippen LogP contribution in [0.2, 0.25) is 0 Å². The van der Waals surface area contributed by atoms with E-state index in [1.54, 1.807) is 22.2 Å². The van der Waals surface area contributed by atoms with E-state index in [2.05, 4.69) is 29.4 Å². The van der Waals surface area contributed by atoms with E-state index in [-0.39, 0.29) is 5.91 Å². The van der Waals surface area contributed by atoms with Gasteiger partial charge in [0.2, 0.25) is 0 Å². The third-order valence-electron chi connectivity index (χ3n) is 4.88. The van der Waals surface area contributed by atoms with Gasteiger partial charge in [-0.1, -0.05) is 36.3 Å². The molecule has 1 fully saturated rings. The van der Waals surface area contributed by atoms with Crippen molar-refractivity contribution in [3.63, 3.8) is 0 Å². The maximum Gasteiger partial charge on any atom is 0.276 e. The molecule has 5 nitrogen and oxygen atoms in total. The van der Waals surface area contributed by atoms with Gasteiger partial charge in [0.05, 0.1) is 18.4 Å². The first-order valence-corrected chi connectivity index (χ1v) is 9.86. The molecule has 1 aromatic carbocycles. The van der Waals surface area contributed by atoms with Crippen LogP contribution >= 0.6 is 11.3 Å². The summed E-state index contributed by atoms with van der Waals surface area (Å²) >= 11 is 1.75. The molecule has 0 saturated heterocycles. The summed E-state index contributed by atoms with van der Waals surface area (Å²) in [6.45, 7) is 2.75. The van der Waals surface area contributed by atoms with Gasteiger partial charge in [-0.2, -0.15) is 0 Å². The smallest absolute Gasteiger partial charge is 0.276 e. The average molecular weight is 366 g/mol. The second kappa shape index (κ2) is 7.41. The number of aryl methyl sites for hydroxylation is 1. The Morgan fingerprint density at radius 1 is 1.19 bits per heavy atom. The molecule has 1 saturated carbocycles. The summed E-state index contributed by atoms with van der Waals surface area (Å²) in [7, 11) is 0. The van der Waals surface area contributed by atoms with Crippen molar-refractivity contribution in [2.45, 2.75) is 45.2 Å². The number of rotatable bonds is 5. The van der Waals surface area contributed by atoms with Crippen LogP contribution in [0.1, 0.15) is 45.9 Å². The second-order valence-electron chi connectivity index (χ2n) is 6.77. The van der Waals surface area contributed by atoms with Gasteiger partial charge in [0, 0.05) is 15.8 Å². The summed E-state index contributed by atoms with van der Waals surface area (Å²) in [5, 5.41) is 8.31. The summed E-state index contributed by atoms with van der Waals surface area (Å²) in [6, 6.07) is 14.3. The topological polar surface area (TPSA) is 51.0 Å². The van der Waals surface area contributed by atoms with E-state index in [4.69, 9.17) is 0 Å². The van der Waals surface area contributed by atoms with E-state index in [1.165, 1.54) is 22.6 Å².